The van der Waals surface area contributed by atoms with E-state index in [-0.39, 0.29) is 49.9 Å². The molecule has 0 aliphatic rings. The molecule has 2 amide bonds. The number of carbonyl (C=O) groups is 1. The zero-order valence-corrected chi connectivity index (χ0v) is 22.1. The van der Waals surface area contributed by atoms with Crippen molar-refractivity contribution in [3.05, 3.63) is 71.6 Å². The fourth-order valence-electron chi connectivity index (χ4n) is 3.54. The second-order valence-corrected chi connectivity index (χ2v) is 9.80. The van der Waals surface area contributed by atoms with Crippen LogP contribution in [-0.2, 0) is 10.0 Å². The van der Waals surface area contributed by atoms with Gasteiger partial charge in [-0.1, -0.05) is 16.8 Å². The second kappa shape index (κ2) is 11.1. The van der Waals surface area contributed by atoms with Gasteiger partial charge in [-0.3, -0.25) is 4.72 Å². The van der Waals surface area contributed by atoms with E-state index < -0.39 is 27.7 Å². The first-order valence-corrected chi connectivity index (χ1v) is 12.8. The summed E-state index contributed by atoms with van der Waals surface area (Å²) in [7, 11) is -0.138. The van der Waals surface area contributed by atoms with Crippen molar-refractivity contribution >= 4 is 45.0 Å². The third-order valence-electron chi connectivity index (χ3n) is 5.39. The Labute approximate surface area is 226 Å². The minimum atomic E-state index is -4.05. The Morgan fingerprint density at radius 3 is 2.41 bits per heavy atom. The Bertz CT molecular complexity index is 1620. The number of anilines is 3. The number of nitrogens with zero attached hydrogens (tertiary/aromatic N) is 3. The van der Waals surface area contributed by atoms with Crippen molar-refractivity contribution in [2.75, 3.05) is 30.9 Å². The van der Waals surface area contributed by atoms with Gasteiger partial charge in [-0.2, -0.15) is 4.39 Å². The van der Waals surface area contributed by atoms with Crippen LogP contribution in [0.3, 0.4) is 0 Å². The molecular formula is C24H20ClF2N5O6S. The number of pyridine rings is 1. The quantitative estimate of drug-likeness (QED) is 0.299. The molecule has 0 unspecified atom stereocenters. The van der Waals surface area contributed by atoms with Gasteiger partial charge in [0.1, 0.15) is 22.7 Å². The lowest BCUT2D eigenvalue weighted by Gasteiger charge is -2.24. The fourth-order valence-corrected chi connectivity index (χ4v) is 4.75. The van der Waals surface area contributed by atoms with E-state index in [1.54, 1.807) is 0 Å². The van der Waals surface area contributed by atoms with Crippen LogP contribution in [-0.4, -0.2) is 45.9 Å². The lowest BCUT2D eigenvalue weighted by atomic mass is 10.0. The first-order chi connectivity index (χ1) is 18.6. The summed E-state index contributed by atoms with van der Waals surface area (Å²) in [6.07, 6.45) is 2.25. The molecule has 0 saturated carbocycles. The Kier molecular flexibility index (Phi) is 7.88. The molecule has 0 spiro atoms. The standard InChI is InChI=1S/C24H20ClF2N5O6S/c1-28-24(33)32(22-5-4-14(12-29-22)39(34,35)31-21-6-7-38-30-21)18-11-16(25)15(10-19(18)36-2)13-8-17(26)23(27)20(9-13)37-3/h4-12H,1-3H3,(H,28,33)(H,30,31). The first-order valence-electron chi connectivity index (χ1n) is 10.9. The molecule has 0 saturated heterocycles. The number of amides is 2. The molecule has 204 valence electrons. The molecule has 0 aliphatic carbocycles. The van der Waals surface area contributed by atoms with E-state index in [9.17, 15) is 22.0 Å². The zero-order valence-electron chi connectivity index (χ0n) is 20.5. The number of ether oxygens (including phenoxy) is 2. The summed E-state index contributed by atoms with van der Waals surface area (Å²) in [6, 6.07) is 8.21. The fraction of sp³-hybridized carbons (Fsp3) is 0.125. The predicted octanol–water partition coefficient (Wildman–Crippen LogP) is 4.96. The van der Waals surface area contributed by atoms with Crippen LogP contribution in [0.25, 0.3) is 11.1 Å². The highest BCUT2D eigenvalue weighted by Crippen LogP contribution is 2.42. The van der Waals surface area contributed by atoms with Gasteiger partial charge in [-0.25, -0.2) is 27.5 Å². The Hall–Kier alpha value is -4.43. The predicted molar refractivity (Wildman–Crippen MR) is 138 cm³/mol. The maximum absolute atomic E-state index is 14.2. The van der Waals surface area contributed by atoms with E-state index in [4.69, 9.17) is 21.1 Å². The van der Waals surface area contributed by atoms with Gasteiger partial charge in [0.2, 0.25) is 5.82 Å². The summed E-state index contributed by atoms with van der Waals surface area (Å²) >= 11 is 6.52. The number of benzene rings is 2. The highest BCUT2D eigenvalue weighted by Gasteiger charge is 2.26. The average molecular weight is 580 g/mol. The zero-order chi connectivity index (χ0) is 28.3. The molecule has 4 rings (SSSR count). The van der Waals surface area contributed by atoms with Crippen LogP contribution < -0.4 is 24.4 Å². The summed E-state index contributed by atoms with van der Waals surface area (Å²) in [5.74, 6) is -2.51. The summed E-state index contributed by atoms with van der Waals surface area (Å²) < 4.78 is 70.6. The molecule has 15 heteroatoms. The first kappa shape index (κ1) is 27.6. The smallest absolute Gasteiger partial charge is 0.327 e. The van der Waals surface area contributed by atoms with Crippen LogP contribution in [0.5, 0.6) is 11.5 Å². The molecule has 4 aromatic rings. The number of urea groups is 1. The van der Waals surface area contributed by atoms with E-state index in [0.717, 1.165) is 17.2 Å². The van der Waals surface area contributed by atoms with E-state index in [2.05, 4.69) is 24.7 Å². The van der Waals surface area contributed by atoms with Crippen molar-refractivity contribution in [2.45, 2.75) is 4.90 Å². The SMILES string of the molecule is CNC(=O)N(c1ccc(S(=O)(=O)Nc2ccon2)cn1)c1cc(Cl)c(-c2cc(F)c(F)c(OC)c2)cc1OC. The molecule has 39 heavy (non-hydrogen) atoms. The minimum Gasteiger partial charge on any atom is -0.495 e. The third-order valence-corrected chi connectivity index (χ3v) is 7.04. The summed E-state index contributed by atoms with van der Waals surface area (Å²) in [6.45, 7) is 0. The van der Waals surface area contributed by atoms with Gasteiger partial charge in [0.05, 0.1) is 24.9 Å². The largest absolute Gasteiger partial charge is 0.495 e. The van der Waals surface area contributed by atoms with Crippen LogP contribution in [0.4, 0.5) is 30.9 Å². The normalized spacial score (nSPS) is 11.1. The molecule has 0 atom stereocenters. The van der Waals surface area contributed by atoms with E-state index >= 15 is 0 Å². The molecule has 0 bridgehead atoms. The number of sulfonamides is 1. The van der Waals surface area contributed by atoms with Crippen molar-refractivity contribution < 1.29 is 36.0 Å². The van der Waals surface area contributed by atoms with Crippen LogP contribution in [0.2, 0.25) is 5.02 Å². The van der Waals surface area contributed by atoms with Gasteiger partial charge < -0.3 is 19.3 Å². The van der Waals surface area contributed by atoms with E-state index in [1.165, 1.54) is 63.9 Å². The summed E-state index contributed by atoms with van der Waals surface area (Å²) in [5.41, 5.74) is 0.586. The number of hydrogen-bond acceptors (Lipinski definition) is 8. The highest BCUT2D eigenvalue weighted by molar-refractivity contribution is 7.92. The molecule has 2 heterocycles. The molecule has 0 radical (unpaired) electrons. The summed E-state index contributed by atoms with van der Waals surface area (Å²) in [5, 5.41) is 6.03. The number of nitrogens with one attached hydrogen (secondary N) is 2. The third kappa shape index (κ3) is 5.56. The Morgan fingerprint density at radius 2 is 1.82 bits per heavy atom. The lowest BCUT2D eigenvalue weighted by Crippen LogP contribution is -2.35. The molecule has 2 aromatic heterocycles. The second-order valence-electron chi connectivity index (χ2n) is 7.71. The van der Waals surface area contributed by atoms with Gasteiger partial charge in [0, 0.05) is 24.9 Å². The Morgan fingerprint density at radius 1 is 1.08 bits per heavy atom. The van der Waals surface area contributed by atoms with E-state index in [0.29, 0.717) is 0 Å². The maximum atomic E-state index is 14.2. The summed E-state index contributed by atoms with van der Waals surface area (Å²) in [4.78, 5) is 18.0. The molecule has 0 fully saturated rings. The monoisotopic (exact) mass is 579 g/mol. The minimum absolute atomic E-state index is 0.0198. The number of halogens is 3. The molecular weight excluding hydrogens is 560 g/mol. The highest BCUT2D eigenvalue weighted by atomic mass is 35.5. The number of carbonyl (C=O) groups excluding carboxylic acids is 1. The Balaban J connectivity index is 1.76. The van der Waals surface area contributed by atoms with Gasteiger partial charge in [-0.05, 0) is 42.0 Å². The lowest BCUT2D eigenvalue weighted by molar-refractivity contribution is 0.250. The van der Waals surface area contributed by atoms with Crippen molar-refractivity contribution in [1.82, 2.24) is 15.5 Å². The molecule has 0 aliphatic heterocycles. The molecule has 2 aromatic carbocycles. The molecule has 2 N–H and O–H groups in total. The van der Waals surface area contributed by atoms with Crippen molar-refractivity contribution in [1.29, 1.82) is 0 Å². The van der Waals surface area contributed by atoms with Crippen LogP contribution in [0, 0.1) is 11.6 Å². The van der Waals surface area contributed by atoms with Crippen LogP contribution in [0.15, 0.2) is 64.3 Å². The van der Waals surface area contributed by atoms with Crippen molar-refractivity contribution in [3.63, 3.8) is 0 Å². The van der Waals surface area contributed by atoms with E-state index in [1.807, 2.05) is 0 Å². The average Bonchev–Trinajstić information content (AvgIpc) is 3.43. The van der Waals surface area contributed by atoms with Crippen molar-refractivity contribution in [3.8, 4) is 22.6 Å². The number of methoxy groups -OCH3 is 2. The number of hydrogen-bond donors (Lipinski definition) is 2. The van der Waals surface area contributed by atoms with Crippen LogP contribution >= 0.6 is 11.6 Å². The topological polar surface area (TPSA) is 136 Å². The van der Waals surface area contributed by atoms with Crippen molar-refractivity contribution in [2.24, 2.45) is 0 Å². The van der Waals surface area contributed by atoms with Gasteiger partial charge >= 0.3 is 6.03 Å². The maximum Gasteiger partial charge on any atom is 0.327 e. The molecule has 11 nitrogen and oxygen atoms in total. The van der Waals surface area contributed by atoms with Gasteiger partial charge in [0.25, 0.3) is 10.0 Å². The van der Waals surface area contributed by atoms with Gasteiger partial charge in [-0.15, -0.1) is 0 Å². The number of rotatable bonds is 8. The van der Waals surface area contributed by atoms with Gasteiger partial charge in [0.15, 0.2) is 17.4 Å². The number of aromatic nitrogens is 2. The van der Waals surface area contributed by atoms with Crippen LogP contribution in [0.1, 0.15) is 0 Å².